The highest BCUT2D eigenvalue weighted by molar-refractivity contribution is 6.22. The van der Waals surface area contributed by atoms with Gasteiger partial charge in [-0.3, -0.25) is 29.0 Å². The molecule has 33 heavy (non-hydrogen) atoms. The SMILES string of the molecule is COc1ccccc1N(CN1C(=O)c2ccccc2C1=O)CN1C(=O)c2ccccc2C1=O. The molecule has 8 heteroatoms. The number of anilines is 1. The van der Waals surface area contributed by atoms with E-state index in [1.165, 1.54) is 7.11 Å². The maximum atomic E-state index is 13.0. The monoisotopic (exact) mass is 441 g/mol. The summed E-state index contributed by atoms with van der Waals surface area (Å²) in [6.07, 6.45) is 0. The minimum absolute atomic E-state index is 0.167. The van der Waals surface area contributed by atoms with E-state index in [1.54, 1.807) is 77.7 Å². The lowest BCUT2D eigenvalue weighted by Gasteiger charge is -2.32. The highest BCUT2D eigenvalue weighted by Gasteiger charge is 2.40. The van der Waals surface area contributed by atoms with Gasteiger partial charge in [-0.2, -0.15) is 0 Å². The number of rotatable bonds is 6. The van der Waals surface area contributed by atoms with Gasteiger partial charge in [-0.1, -0.05) is 36.4 Å². The van der Waals surface area contributed by atoms with Crippen LogP contribution in [0.15, 0.2) is 72.8 Å². The lowest BCUT2D eigenvalue weighted by molar-refractivity contribution is 0.0628. The number of carbonyl (C=O) groups is 4. The van der Waals surface area contributed by atoms with Crippen LogP contribution in [0.1, 0.15) is 41.4 Å². The van der Waals surface area contributed by atoms with Crippen LogP contribution >= 0.6 is 0 Å². The van der Waals surface area contributed by atoms with Crippen molar-refractivity contribution in [3.05, 3.63) is 95.1 Å². The lowest BCUT2D eigenvalue weighted by atomic mass is 10.1. The lowest BCUT2D eigenvalue weighted by Crippen LogP contribution is -2.48. The van der Waals surface area contributed by atoms with Crippen molar-refractivity contribution in [2.75, 3.05) is 25.3 Å². The third-order valence-electron chi connectivity index (χ3n) is 5.81. The molecule has 0 N–H and O–H groups in total. The van der Waals surface area contributed by atoms with Crippen molar-refractivity contribution in [2.24, 2.45) is 0 Å². The van der Waals surface area contributed by atoms with Crippen molar-refractivity contribution in [3.8, 4) is 5.75 Å². The van der Waals surface area contributed by atoms with Crippen molar-refractivity contribution in [3.63, 3.8) is 0 Å². The van der Waals surface area contributed by atoms with Gasteiger partial charge in [0.05, 0.1) is 35.1 Å². The first-order valence-corrected chi connectivity index (χ1v) is 10.3. The minimum Gasteiger partial charge on any atom is -0.495 e. The van der Waals surface area contributed by atoms with Crippen LogP contribution < -0.4 is 9.64 Å². The molecule has 2 aliphatic heterocycles. The molecule has 0 atom stereocenters. The van der Waals surface area contributed by atoms with Gasteiger partial charge >= 0.3 is 0 Å². The number of hydrogen-bond acceptors (Lipinski definition) is 6. The molecule has 164 valence electrons. The number of ether oxygens (including phenoxy) is 1. The van der Waals surface area contributed by atoms with Gasteiger partial charge in [0.15, 0.2) is 0 Å². The second kappa shape index (κ2) is 7.90. The number of nitrogens with zero attached hydrogens (tertiary/aromatic N) is 3. The molecule has 0 aromatic heterocycles. The van der Waals surface area contributed by atoms with Gasteiger partial charge in [0.25, 0.3) is 23.6 Å². The standard InChI is InChI=1S/C25H19N3O5/c1-33-21-13-7-6-12-20(21)26(14-27-22(29)16-8-2-3-9-17(16)23(27)30)15-28-24(31)18-10-4-5-11-19(18)25(28)32/h2-13H,14-15H2,1H3. The Labute approximate surface area is 189 Å². The molecule has 4 amide bonds. The van der Waals surface area contributed by atoms with Gasteiger partial charge in [-0.05, 0) is 36.4 Å². The predicted molar refractivity (Wildman–Crippen MR) is 119 cm³/mol. The van der Waals surface area contributed by atoms with Gasteiger partial charge in [0.2, 0.25) is 0 Å². The van der Waals surface area contributed by atoms with Crippen LogP contribution in [0.3, 0.4) is 0 Å². The number of para-hydroxylation sites is 2. The highest BCUT2D eigenvalue weighted by atomic mass is 16.5. The maximum Gasteiger partial charge on any atom is 0.263 e. The molecule has 0 fully saturated rings. The normalized spacial score (nSPS) is 14.6. The zero-order valence-corrected chi connectivity index (χ0v) is 17.7. The fourth-order valence-electron chi connectivity index (χ4n) is 4.16. The first kappa shape index (κ1) is 20.4. The minimum atomic E-state index is -0.433. The third kappa shape index (κ3) is 3.23. The summed E-state index contributed by atoms with van der Waals surface area (Å²) in [5.41, 5.74) is 1.82. The third-order valence-corrected chi connectivity index (χ3v) is 5.81. The summed E-state index contributed by atoms with van der Waals surface area (Å²) in [5, 5.41) is 0. The van der Waals surface area contributed by atoms with Crippen molar-refractivity contribution in [2.45, 2.75) is 0 Å². The molecule has 8 nitrogen and oxygen atoms in total. The van der Waals surface area contributed by atoms with Crippen LogP contribution in [-0.4, -0.2) is 53.9 Å². The van der Waals surface area contributed by atoms with E-state index in [-0.39, 0.29) is 13.3 Å². The number of carbonyl (C=O) groups excluding carboxylic acids is 4. The summed E-state index contributed by atoms with van der Waals surface area (Å²) < 4.78 is 5.47. The average Bonchev–Trinajstić information content (AvgIpc) is 3.24. The Balaban J connectivity index is 1.51. The van der Waals surface area contributed by atoms with Crippen LogP contribution in [0.25, 0.3) is 0 Å². The van der Waals surface area contributed by atoms with Gasteiger partial charge in [-0.15, -0.1) is 0 Å². The molecule has 3 aromatic carbocycles. The molecule has 0 radical (unpaired) electrons. The Hall–Kier alpha value is -4.46. The molecule has 2 aliphatic rings. The highest BCUT2D eigenvalue weighted by Crippen LogP contribution is 2.32. The smallest absolute Gasteiger partial charge is 0.263 e. The van der Waals surface area contributed by atoms with E-state index in [0.717, 1.165) is 9.80 Å². The topological polar surface area (TPSA) is 87.2 Å². The molecule has 2 heterocycles. The van der Waals surface area contributed by atoms with E-state index >= 15 is 0 Å². The summed E-state index contributed by atoms with van der Waals surface area (Å²) in [4.78, 5) is 55.7. The summed E-state index contributed by atoms with van der Waals surface area (Å²) in [7, 11) is 1.50. The predicted octanol–water partition coefficient (Wildman–Crippen LogP) is 3.01. The number of benzene rings is 3. The molecule has 0 spiro atoms. The van der Waals surface area contributed by atoms with Crippen LogP contribution in [0, 0.1) is 0 Å². The first-order valence-electron chi connectivity index (χ1n) is 10.3. The number of fused-ring (bicyclic) bond motifs is 2. The van der Waals surface area contributed by atoms with Crippen LogP contribution in [0.5, 0.6) is 5.75 Å². The molecular weight excluding hydrogens is 422 g/mol. The van der Waals surface area contributed by atoms with E-state index in [9.17, 15) is 19.2 Å². The fourth-order valence-corrected chi connectivity index (χ4v) is 4.16. The zero-order chi connectivity index (χ0) is 23.1. The van der Waals surface area contributed by atoms with Crippen LogP contribution in [0.4, 0.5) is 5.69 Å². The molecule has 0 unspecified atom stereocenters. The van der Waals surface area contributed by atoms with E-state index in [0.29, 0.717) is 33.7 Å². The quantitative estimate of drug-likeness (QED) is 0.547. The van der Waals surface area contributed by atoms with E-state index in [4.69, 9.17) is 4.74 Å². The van der Waals surface area contributed by atoms with E-state index in [2.05, 4.69) is 0 Å². The molecular formula is C25H19N3O5. The number of hydrogen-bond donors (Lipinski definition) is 0. The van der Waals surface area contributed by atoms with Crippen LogP contribution in [0.2, 0.25) is 0 Å². The summed E-state index contributed by atoms with van der Waals surface area (Å²) in [6, 6.07) is 20.2. The Morgan fingerprint density at radius 3 is 1.36 bits per heavy atom. The average molecular weight is 441 g/mol. The number of methoxy groups -OCH3 is 1. The van der Waals surface area contributed by atoms with Crippen molar-refractivity contribution >= 4 is 29.3 Å². The first-order chi connectivity index (χ1) is 16.0. The second-order valence-corrected chi connectivity index (χ2v) is 7.66. The summed E-state index contributed by atoms with van der Waals surface area (Å²) in [5.74, 6) is -1.25. The van der Waals surface area contributed by atoms with Crippen LogP contribution in [-0.2, 0) is 0 Å². The van der Waals surface area contributed by atoms with E-state index < -0.39 is 23.6 Å². The largest absolute Gasteiger partial charge is 0.495 e. The summed E-state index contributed by atoms with van der Waals surface area (Å²) in [6.45, 7) is -0.333. The Morgan fingerprint density at radius 2 is 0.970 bits per heavy atom. The molecule has 0 saturated carbocycles. The maximum absolute atomic E-state index is 13.0. The van der Waals surface area contributed by atoms with Gasteiger partial charge in [0.1, 0.15) is 19.1 Å². The number of amides is 4. The van der Waals surface area contributed by atoms with Crippen molar-refractivity contribution < 1.29 is 23.9 Å². The van der Waals surface area contributed by atoms with E-state index in [1.807, 2.05) is 0 Å². The number of imide groups is 2. The Kier molecular flexibility index (Phi) is 4.90. The van der Waals surface area contributed by atoms with Crippen molar-refractivity contribution in [1.82, 2.24) is 9.80 Å². The molecule has 5 rings (SSSR count). The van der Waals surface area contributed by atoms with Crippen molar-refractivity contribution in [1.29, 1.82) is 0 Å². The molecule has 0 saturated heterocycles. The zero-order valence-electron chi connectivity index (χ0n) is 17.7. The molecule has 3 aromatic rings. The second-order valence-electron chi connectivity index (χ2n) is 7.66. The summed E-state index contributed by atoms with van der Waals surface area (Å²) >= 11 is 0. The molecule has 0 aliphatic carbocycles. The van der Waals surface area contributed by atoms with Gasteiger partial charge in [-0.25, -0.2) is 0 Å². The van der Waals surface area contributed by atoms with Gasteiger partial charge in [0, 0.05) is 0 Å². The molecule has 0 bridgehead atoms. The Morgan fingerprint density at radius 1 is 0.606 bits per heavy atom. The van der Waals surface area contributed by atoms with Gasteiger partial charge < -0.3 is 9.64 Å². The fraction of sp³-hybridized carbons (Fsp3) is 0.120. The Bertz CT molecular complexity index is 1170.